The highest BCUT2D eigenvalue weighted by atomic mass is 32.1. The lowest BCUT2D eigenvalue weighted by molar-refractivity contribution is 0.0602. The number of carbonyl (C=O) groups is 1. The number of thiophene rings is 1. The minimum atomic E-state index is -0.408. The van der Waals surface area contributed by atoms with Crippen LogP contribution in [0.5, 0.6) is 5.75 Å². The van der Waals surface area contributed by atoms with Crippen molar-refractivity contribution < 1.29 is 14.3 Å². The molecule has 0 aliphatic carbocycles. The molecule has 28 heavy (non-hydrogen) atoms. The first-order valence-electron chi connectivity index (χ1n) is 8.52. The molecule has 0 spiro atoms. The first-order valence-corrected chi connectivity index (χ1v) is 9.40. The molecule has 0 saturated carbocycles. The minimum Gasteiger partial charge on any atom is -0.497 e. The largest absolute Gasteiger partial charge is 0.497 e. The van der Waals surface area contributed by atoms with Gasteiger partial charge < -0.3 is 14.8 Å². The number of anilines is 2. The van der Waals surface area contributed by atoms with Crippen molar-refractivity contribution in [3.05, 3.63) is 65.8 Å². The second-order valence-corrected chi connectivity index (χ2v) is 6.80. The van der Waals surface area contributed by atoms with Gasteiger partial charge in [-0.3, -0.25) is 0 Å². The Morgan fingerprint density at radius 2 is 1.82 bits per heavy atom. The molecule has 2 heterocycles. The van der Waals surface area contributed by atoms with Crippen LogP contribution in [0.1, 0.15) is 10.4 Å². The summed E-state index contributed by atoms with van der Waals surface area (Å²) in [5, 5.41) is 6.23. The molecule has 0 atom stereocenters. The molecule has 4 aromatic rings. The van der Waals surface area contributed by atoms with Gasteiger partial charge in [0.15, 0.2) is 0 Å². The molecule has 140 valence electrons. The quantitative estimate of drug-likeness (QED) is 0.488. The van der Waals surface area contributed by atoms with Crippen molar-refractivity contribution in [2.45, 2.75) is 0 Å². The fourth-order valence-corrected chi connectivity index (χ4v) is 3.88. The van der Waals surface area contributed by atoms with Gasteiger partial charge in [-0.2, -0.15) is 0 Å². The number of fused-ring (bicyclic) bond motifs is 1. The molecule has 0 radical (unpaired) electrons. The summed E-state index contributed by atoms with van der Waals surface area (Å²) in [6, 6.07) is 15.0. The predicted molar refractivity (Wildman–Crippen MR) is 110 cm³/mol. The highest BCUT2D eigenvalue weighted by molar-refractivity contribution is 7.17. The van der Waals surface area contributed by atoms with Gasteiger partial charge in [0, 0.05) is 10.9 Å². The number of para-hydroxylation sites is 1. The summed E-state index contributed by atoms with van der Waals surface area (Å²) >= 11 is 1.54. The molecule has 1 N–H and O–H groups in total. The third-order valence-corrected chi connectivity index (χ3v) is 5.24. The van der Waals surface area contributed by atoms with Crippen LogP contribution in [0.4, 0.5) is 11.5 Å². The molecule has 0 fully saturated rings. The number of hydrogen-bond acceptors (Lipinski definition) is 7. The Hall–Kier alpha value is -3.45. The Morgan fingerprint density at radius 1 is 1.04 bits per heavy atom. The van der Waals surface area contributed by atoms with Gasteiger partial charge in [0.25, 0.3) is 0 Å². The summed E-state index contributed by atoms with van der Waals surface area (Å²) in [6.45, 7) is 0. The fraction of sp³-hybridized carbons (Fsp3) is 0.0952. The van der Waals surface area contributed by atoms with Crippen molar-refractivity contribution in [3.8, 4) is 16.9 Å². The zero-order valence-electron chi connectivity index (χ0n) is 15.3. The number of esters is 1. The maximum absolute atomic E-state index is 12.1. The average molecular weight is 391 g/mol. The van der Waals surface area contributed by atoms with E-state index in [0.29, 0.717) is 17.1 Å². The summed E-state index contributed by atoms with van der Waals surface area (Å²) in [5.41, 5.74) is 3.12. The summed E-state index contributed by atoms with van der Waals surface area (Å²) in [4.78, 5) is 21.8. The van der Waals surface area contributed by atoms with Gasteiger partial charge in [-0.1, -0.05) is 24.3 Å². The van der Waals surface area contributed by atoms with Gasteiger partial charge in [0.1, 0.15) is 22.7 Å². The number of aromatic nitrogens is 2. The molecule has 0 amide bonds. The second-order valence-electron chi connectivity index (χ2n) is 5.94. The molecule has 7 heteroatoms. The van der Waals surface area contributed by atoms with Crippen LogP contribution >= 0.6 is 11.3 Å². The second kappa shape index (κ2) is 7.66. The van der Waals surface area contributed by atoms with E-state index in [1.54, 1.807) is 30.6 Å². The van der Waals surface area contributed by atoms with E-state index in [0.717, 1.165) is 27.1 Å². The van der Waals surface area contributed by atoms with E-state index < -0.39 is 5.97 Å². The maximum Gasteiger partial charge on any atom is 0.339 e. The third-order valence-electron chi connectivity index (χ3n) is 4.36. The van der Waals surface area contributed by atoms with E-state index in [1.807, 2.05) is 36.4 Å². The van der Waals surface area contributed by atoms with Crippen molar-refractivity contribution in [1.82, 2.24) is 9.97 Å². The van der Waals surface area contributed by atoms with E-state index in [2.05, 4.69) is 20.7 Å². The van der Waals surface area contributed by atoms with Gasteiger partial charge in [-0.25, -0.2) is 14.8 Å². The molecular weight excluding hydrogens is 374 g/mol. The first kappa shape index (κ1) is 17.9. The first-order chi connectivity index (χ1) is 13.7. The third kappa shape index (κ3) is 3.27. The maximum atomic E-state index is 12.1. The van der Waals surface area contributed by atoms with E-state index in [-0.39, 0.29) is 0 Å². The van der Waals surface area contributed by atoms with Crippen LogP contribution in [0.25, 0.3) is 21.3 Å². The van der Waals surface area contributed by atoms with Crippen molar-refractivity contribution in [3.63, 3.8) is 0 Å². The molecule has 0 unspecified atom stereocenters. The lowest BCUT2D eigenvalue weighted by Gasteiger charge is -2.11. The standard InChI is InChI=1S/C21H17N3O3S/c1-26-14-9-7-13(8-10-14)16-11-28-20-18(16)19(22-12-23-20)24-17-6-4-3-5-15(17)21(25)27-2/h3-12H,1-2H3,(H,22,23,24). The number of hydrogen-bond donors (Lipinski definition) is 1. The van der Waals surface area contributed by atoms with Crippen LogP contribution in [-0.2, 0) is 4.74 Å². The van der Waals surface area contributed by atoms with Crippen molar-refractivity contribution in [2.75, 3.05) is 19.5 Å². The molecule has 6 nitrogen and oxygen atoms in total. The Balaban J connectivity index is 1.81. The van der Waals surface area contributed by atoms with E-state index in [4.69, 9.17) is 9.47 Å². The van der Waals surface area contributed by atoms with Crippen LogP contribution < -0.4 is 10.1 Å². The predicted octanol–water partition coefficient (Wildman–Crippen LogP) is 4.90. The molecular formula is C21H17N3O3S. The van der Waals surface area contributed by atoms with Crippen LogP contribution in [0.15, 0.2) is 60.2 Å². The molecule has 2 aromatic heterocycles. The van der Waals surface area contributed by atoms with Crippen LogP contribution in [0.3, 0.4) is 0 Å². The number of methoxy groups -OCH3 is 2. The van der Waals surface area contributed by atoms with Gasteiger partial charge in [-0.15, -0.1) is 11.3 Å². The molecule has 4 rings (SSSR count). The zero-order chi connectivity index (χ0) is 19.5. The smallest absolute Gasteiger partial charge is 0.339 e. The molecule has 0 aliphatic heterocycles. The van der Waals surface area contributed by atoms with E-state index >= 15 is 0 Å². The van der Waals surface area contributed by atoms with Crippen molar-refractivity contribution >= 4 is 39.0 Å². The Labute approximate surface area is 165 Å². The van der Waals surface area contributed by atoms with Crippen LogP contribution in [-0.4, -0.2) is 30.2 Å². The number of carbonyl (C=O) groups excluding carboxylic acids is 1. The number of ether oxygens (including phenoxy) is 2. The lowest BCUT2D eigenvalue weighted by Crippen LogP contribution is -2.06. The normalized spacial score (nSPS) is 10.6. The Kier molecular flexibility index (Phi) is 4.90. The molecule has 2 aromatic carbocycles. The number of nitrogens with one attached hydrogen (secondary N) is 1. The Morgan fingerprint density at radius 3 is 2.57 bits per heavy atom. The minimum absolute atomic E-state index is 0.408. The number of nitrogens with zero attached hydrogens (tertiary/aromatic N) is 2. The topological polar surface area (TPSA) is 73.3 Å². The summed E-state index contributed by atoms with van der Waals surface area (Å²) in [5.74, 6) is 1.02. The molecule has 0 bridgehead atoms. The highest BCUT2D eigenvalue weighted by Gasteiger charge is 2.16. The van der Waals surface area contributed by atoms with Gasteiger partial charge in [0.05, 0.1) is 30.9 Å². The molecule has 0 saturated heterocycles. The summed E-state index contributed by atoms with van der Waals surface area (Å²) in [7, 11) is 3.01. The SMILES string of the molecule is COC(=O)c1ccccc1Nc1ncnc2scc(-c3ccc(OC)cc3)c12. The van der Waals surface area contributed by atoms with Gasteiger partial charge in [0.2, 0.25) is 0 Å². The van der Waals surface area contributed by atoms with Crippen molar-refractivity contribution in [2.24, 2.45) is 0 Å². The number of benzene rings is 2. The lowest BCUT2D eigenvalue weighted by atomic mass is 10.1. The highest BCUT2D eigenvalue weighted by Crippen LogP contribution is 2.38. The van der Waals surface area contributed by atoms with Crippen LogP contribution in [0, 0.1) is 0 Å². The van der Waals surface area contributed by atoms with Crippen molar-refractivity contribution in [1.29, 1.82) is 0 Å². The van der Waals surface area contributed by atoms with E-state index in [9.17, 15) is 4.79 Å². The average Bonchev–Trinajstić information content (AvgIpc) is 3.19. The van der Waals surface area contributed by atoms with Gasteiger partial charge >= 0.3 is 5.97 Å². The molecule has 0 aliphatic rings. The van der Waals surface area contributed by atoms with Crippen LogP contribution in [0.2, 0.25) is 0 Å². The number of rotatable bonds is 5. The van der Waals surface area contributed by atoms with E-state index in [1.165, 1.54) is 13.4 Å². The van der Waals surface area contributed by atoms with Gasteiger partial charge in [-0.05, 0) is 29.8 Å². The summed E-state index contributed by atoms with van der Waals surface area (Å²) in [6.07, 6.45) is 1.51. The zero-order valence-corrected chi connectivity index (χ0v) is 16.1. The monoisotopic (exact) mass is 391 g/mol. The summed E-state index contributed by atoms with van der Waals surface area (Å²) < 4.78 is 10.1. The Bertz CT molecular complexity index is 1140. The fourth-order valence-electron chi connectivity index (χ4n) is 2.96.